The predicted octanol–water partition coefficient (Wildman–Crippen LogP) is -1.97. The van der Waals surface area contributed by atoms with Gasteiger partial charge in [0, 0.05) is 19.6 Å². The summed E-state index contributed by atoms with van der Waals surface area (Å²) in [6.45, 7) is 4.92. The molecule has 4 nitrogen and oxygen atoms in total. The van der Waals surface area contributed by atoms with Crippen molar-refractivity contribution >= 4 is 5.97 Å². The second kappa shape index (κ2) is 3.69. The van der Waals surface area contributed by atoms with Crippen molar-refractivity contribution in [3.05, 3.63) is 0 Å². The topological polar surface area (TPSA) is 55.4 Å². The van der Waals surface area contributed by atoms with Gasteiger partial charge >= 0.3 is 0 Å². The van der Waals surface area contributed by atoms with Gasteiger partial charge in [0.1, 0.15) is 0 Å². The van der Waals surface area contributed by atoms with Crippen molar-refractivity contribution in [1.82, 2.24) is 10.2 Å². The van der Waals surface area contributed by atoms with Gasteiger partial charge in [0.25, 0.3) is 0 Å². The molecule has 1 fully saturated rings. The summed E-state index contributed by atoms with van der Waals surface area (Å²) in [5, 5.41) is 13.5. The van der Waals surface area contributed by atoms with Crippen molar-refractivity contribution < 1.29 is 9.90 Å². The van der Waals surface area contributed by atoms with Gasteiger partial charge in [-0.25, -0.2) is 0 Å². The number of nitrogens with zero attached hydrogens (tertiary/aromatic N) is 1. The molecule has 4 heteroatoms. The Morgan fingerprint density at radius 1 is 1.82 bits per heavy atom. The summed E-state index contributed by atoms with van der Waals surface area (Å²) in [6, 6.07) is -0.436. The summed E-state index contributed by atoms with van der Waals surface area (Å²) in [6.07, 6.45) is 0. The fourth-order valence-corrected chi connectivity index (χ4v) is 1.36. The number of carboxylic acids is 1. The zero-order chi connectivity index (χ0) is 8.27. The molecule has 1 rings (SSSR count). The first-order chi connectivity index (χ1) is 5.25. The van der Waals surface area contributed by atoms with E-state index in [1.54, 1.807) is 0 Å². The highest BCUT2D eigenvalue weighted by Gasteiger charge is 2.20. The molecule has 1 aliphatic heterocycles. The molecule has 1 atom stereocenters. The molecule has 0 amide bonds. The number of piperazine rings is 1. The van der Waals surface area contributed by atoms with E-state index in [1.807, 2.05) is 11.8 Å². The van der Waals surface area contributed by atoms with Crippen LogP contribution in [0.1, 0.15) is 6.92 Å². The number of rotatable bonds is 2. The average molecular weight is 157 g/mol. The van der Waals surface area contributed by atoms with E-state index in [2.05, 4.69) is 5.32 Å². The predicted molar refractivity (Wildman–Crippen MR) is 38.9 cm³/mol. The van der Waals surface area contributed by atoms with Crippen LogP contribution < -0.4 is 10.4 Å². The Hall–Kier alpha value is -0.610. The van der Waals surface area contributed by atoms with Crippen LogP contribution in [0.4, 0.5) is 0 Å². The molecule has 1 unspecified atom stereocenters. The maximum atomic E-state index is 10.5. The van der Waals surface area contributed by atoms with E-state index in [4.69, 9.17) is 0 Å². The third-order valence-electron chi connectivity index (χ3n) is 2.03. The van der Waals surface area contributed by atoms with Crippen LogP contribution in [0.25, 0.3) is 0 Å². The Bertz CT molecular complexity index is 149. The third kappa shape index (κ3) is 1.91. The number of nitrogens with one attached hydrogen (secondary N) is 1. The molecule has 1 saturated heterocycles. The number of hydrogen-bond acceptors (Lipinski definition) is 4. The van der Waals surface area contributed by atoms with Gasteiger partial charge in [-0.15, -0.1) is 0 Å². The first-order valence-electron chi connectivity index (χ1n) is 3.91. The van der Waals surface area contributed by atoms with Crippen LogP contribution in [0.2, 0.25) is 0 Å². The maximum Gasteiger partial charge on any atom is 0.0619 e. The lowest BCUT2D eigenvalue weighted by molar-refractivity contribution is -0.312. The fourth-order valence-electron chi connectivity index (χ4n) is 1.36. The van der Waals surface area contributed by atoms with E-state index in [1.165, 1.54) is 0 Å². The molecule has 0 saturated carbocycles. The maximum absolute atomic E-state index is 10.5. The molecular formula is C7H13N2O2-. The van der Waals surface area contributed by atoms with Crippen LogP contribution in [-0.2, 0) is 4.79 Å². The van der Waals surface area contributed by atoms with E-state index in [0.717, 1.165) is 19.6 Å². The molecule has 0 aromatic carbocycles. The van der Waals surface area contributed by atoms with E-state index >= 15 is 0 Å². The molecule has 1 aliphatic rings. The van der Waals surface area contributed by atoms with Gasteiger partial charge in [-0.1, -0.05) is 6.92 Å². The highest BCUT2D eigenvalue weighted by molar-refractivity contribution is 5.71. The molecule has 1 N–H and O–H groups in total. The lowest BCUT2D eigenvalue weighted by Gasteiger charge is -2.35. The SMILES string of the molecule is CCN1CCNCC1C(=O)[O-]. The zero-order valence-electron chi connectivity index (χ0n) is 6.67. The van der Waals surface area contributed by atoms with Gasteiger partial charge in [0.05, 0.1) is 12.0 Å². The van der Waals surface area contributed by atoms with Crippen LogP contribution in [0, 0.1) is 0 Å². The lowest BCUT2D eigenvalue weighted by Crippen LogP contribution is -2.58. The molecule has 0 radical (unpaired) electrons. The van der Waals surface area contributed by atoms with E-state index in [9.17, 15) is 9.90 Å². The van der Waals surface area contributed by atoms with Crippen molar-refractivity contribution in [2.75, 3.05) is 26.2 Å². The highest BCUT2D eigenvalue weighted by atomic mass is 16.4. The normalized spacial score (nSPS) is 26.8. The van der Waals surface area contributed by atoms with Crippen LogP contribution in [0.3, 0.4) is 0 Å². The van der Waals surface area contributed by atoms with Crippen LogP contribution >= 0.6 is 0 Å². The first kappa shape index (κ1) is 8.49. The van der Waals surface area contributed by atoms with Gasteiger partial charge in [0.15, 0.2) is 0 Å². The van der Waals surface area contributed by atoms with Crippen LogP contribution in [0.5, 0.6) is 0 Å². The largest absolute Gasteiger partial charge is 0.548 e. The Labute approximate surface area is 66.2 Å². The van der Waals surface area contributed by atoms with Gasteiger partial charge in [-0.2, -0.15) is 0 Å². The summed E-state index contributed by atoms with van der Waals surface area (Å²) in [5.41, 5.74) is 0. The number of likely N-dealkylation sites (N-methyl/N-ethyl adjacent to an activating group) is 1. The Balaban J connectivity index is 2.51. The standard InChI is InChI=1S/C7H14N2O2/c1-2-9-4-3-8-5-6(9)7(10)11/h6,8H,2-5H2,1H3,(H,10,11)/p-1. The summed E-state index contributed by atoms with van der Waals surface area (Å²) in [5.74, 6) is -0.973. The van der Waals surface area contributed by atoms with E-state index in [-0.39, 0.29) is 0 Å². The minimum Gasteiger partial charge on any atom is -0.548 e. The molecular weight excluding hydrogens is 144 g/mol. The number of carboxylic acid groups (broad SMARTS) is 1. The quantitative estimate of drug-likeness (QED) is 0.505. The van der Waals surface area contributed by atoms with Crippen molar-refractivity contribution in [2.24, 2.45) is 0 Å². The molecule has 0 aromatic rings. The summed E-state index contributed by atoms with van der Waals surface area (Å²) < 4.78 is 0. The smallest absolute Gasteiger partial charge is 0.0619 e. The molecule has 0 bridgehead atoms. The van der Waals surface area contributed by atoms with Crippen molar-refractivity contribution in [3.8, 4) is 0 Å². The molecule has 0 aliphatic carbocycles. The minimum atomic E-state index is -0.973. The lowest BCUT2D eigenvalue weighted by atomic mass is 10.2. The monoisotopic (exact) mass is 157 g/mol. The Morgan fingerprint density at radius 2 is 2.55 bits per heavy atom. The fraction of sp³-hybridized carbons (Fsp3) is 0.857. The van der Waals surface area contributed by atoms with Crippen LogP contribution in [0.15, 0.2) is 0 Å². The summed E-state index contributed by atoms with van der Waals surface area (Å²) in [7, 11) is 0. The minimum absolute atomic E-state index is 0.436. The number of hydrogen-bond donors (Lipinski definition) is 1. The Kier molecular flexibility index (Phi) is 2.84. The molecule has 0 spiro atoms. The van der Waals surface area contributed by atoms with Crippen molar-refractivity contribution in [3.63, 3.8) is 0 Å². The summed E-state index contributed by atoms with van der Waals surface area (Å²) in [4.78, 5) is 12.4. The zero-order valence-corrected chi connectivity index (χ0v) is 6.67. The van der Waals surface area contributed by atoms with Crippen molar-refractivity contribution in [1.29, 1.82) is 0 Å². The third-order valence-corrected chi connectivity index (χ3v) is 2.03. The highest BCUT2D eigenvalue weighted by Crippen LogP contribution is 2.00. The van der Waals surface area contributed by atoms with Gasteiger partial charge < -0.3 is 15.2 Å². The summed E-state index contributed by atoms with van der Waals surface area (Å²) >= 11 is 0. The van der Waals surface area contributed by atoms with Gasteiger partial charge in [-0.05, 0) is 6.54 Å². The number of carbonyl (C=O) groups excluding carboxylic acids is 1. The van der Waals surface area contributed by atoms with Crippen LogP contribution in [-0.4, -0.2) is 43.1 Å². The average Bonchev–Trinajstić information content (AvgIpc) is 2.04. The molecule has 0 aromatic heterocycles. The molecule has 64 valence electrons. The number of carbonyl (C=O) groups is 1. The van der Waals surface area contributed by atoms with Gasteiger partial charge in [-0.3, -0.25) is 4.90 Å². The second-order valence-corrected chi connectivity index (χ2v) is 2.67. The Morgan fingerprint density at radius 3 is 3.00 bits per heavy atom. The van der Waals surface area contributed by atoms with Gasteiger partial charge in [0.2, 0.25) is 0 Å². The molecule has 1 heterocycles. The first-order valence-corrected chi connectivity index (χ1v) is 3.91. The molecule has 11 heavy (non-hydrogen) atoms. The van der Waals surface area contributed by atoms with E-state index < -0.39 is 12.0 Å². The second-order valence-electron chi connectivity index (χ2n) is 2.67. The number of aliphatic carboxylic acids is 1. The van der Waals surface area contributed by atoms with E-state index in [0.29, 0.717) is 6.54 Å². The van der Waals surface area contributed by atoms with Crippen molar-refractivity contribution in [2.45, 2.75) is 13.0 Å².